The lowest BCUT2D eigenvalue weighted by molar-refractivity contribution is 0.0906. The molecule has 3 rings (SSSR count). The second kappa shape index (κ2) is 8.54. The van der Waals surface area contributed by atoms with E-state index in [0.29, 0.717) is 11.1 Å². The van der Waals surface area contributed by atoms with Gasteiger partial charge in [-0.15, -0.1) is 0 Å². The molecule has 154 valence electrons. The molecule has 0 saturated heterocycles. The largest absolute Gasteiger partial charge is 0.347 e. The maximum Gasteiger partial charge on any atom is 0.252 e. The summed E-state index contributed by atoms with van der Waals surface area (Å²) in [5.74, 6) is -0.360. The van der Waals surface area contributed by atoms with Crippen molar-refractivity contribution in [2.24, 2.45) is 0 Å². The number of carbonyl (C=O) groups is 2. The monoisotopic (exact) mass is 400 g/mol. The van der Waals surface area contributed by atoms with Crippen LogP contribution in [-0.2, 0) is 5.54 Å². The summed E-state index contributed by atoms with van der Waals surface area (Å²) in [5.41, 5.74) is 1.99. The van der Waals surface area contributed by atoms with Gasteiger partial charge in [0.1, 0.15) is 0 Å². The Labute approximate surface area is 178 Å². The third-order valence-electron chi connectivity index (χ3n) is 4.96. The van der Waals surface area contributed by atoms with Gasteiger partial charge in [-0.3, -0.25) is 9.59 Å². The van der Waals surface area contributed by atoms with E-state index in [-0.39, 0.29) is 17.4 Å². The molecule has 0 atom stereocenters. The number of hydrogen-bond donors (Lipinski definition) is 2. The first-order chi connectivity index (χ1) is 14.2. The molecule has 3 aromatic carbocycles. The lowest BCUT2D eigenvalue weighted by atomic mass is 9.84. The maximum absolute atomic E-state index is 13.1. The Morgan fingerprint density at radius 2 is 0.933 bits per heavy atom. The van der Waals surface area contributed by atoms with Crippen LogP contribution in [0.5, 0.6) is 0 Å². The molecule has 0 aliphatic carbocycles. The van der Waals surface area contributed by atoms with Crippen LogP contribution in [0.15, 0.2) is 84.9 Å². The van der Waals surface area contributed by atoms with Crippen molar-refractivity contribution in [3.05, 3.63) is 107 Å². The van der Waals surface area contributed by atoms with Crippen molar-refractivity contribution < 1.29 is 9.59 Å². The van der Waals surface area contributed by atoms with Gasteiger partial charge >= 0.3 is 0 Å². The van der Waals surface area contributed by atoms with Gasteiger partial charge < -0.3 is 10.6 Å². The smallest absolute Gasteiger partial charge is 0.252 e. The van der Waals surface area contributed by atoms with Crippen molar-refractivity contribution in [2.45, 2.75) is 38.8 Å². The average Bonchev–Trinajstić information content (AvgIpc) is 2.74. The highest BCUT2D eigenvalue weighted by Crippen LogP contribution is 2.29. The lowest BCUT2D eigenvalue weighted by Gasteiger charge is -2.32. The van der Waals surface area contributed by atoms with Gasteiger partial charge in [-0.2, -0.15) is 0 Å². The molecule has 4 heteroatoms. The minimum atomic E-state index is -0.693. The van der Waals surface area contributed by atoms with E-state index < -0.39 is 5.54 Å². The summed E-state index contributed by atoms with van der Waals surface area (Å²) in [5, 5.41) is 6.12. The zero-order valence-electron chi connectivity index (χ0n) is 17.9. The van der Waals surface area contributed by atoms with E-state index >= 15 is 0 Å². The molecule has 0 radical (unpaired) electrons. The quantitative estimate of drug-likeness (QED) is 0.639. The van der Waals surface area contributed by atoms with Crippen LogP contribution >= 0.6 is 0 Å². The van der Waals surface area contributed by atoms with E-state index in [9.17, 15) is 9.59 Å². The van der Waals surface area contributed by atoms with Gasteiger partial charge in [-0.05, 0) is 63.1 Å². The van der Waals surface area contributed by atoms with Crippen molar-refractivity contribution in [2.75, 3.05) is 0 Å². The molecule has 0 fully saturated rings. The molecule has 0 spiro atoms. The normalized spacial score (nSPS) is 11.6. The number of hydrogen-bond acceptors (Lipinski definition) is 2. The maximum atomic E-state index is 13.1. The summed E-state index contributed by atoms with van der Waals surface area (Å²) in [4.78, 5) is 25.4. The fourth-order valence-corrected chi connectivity index (χ4v) is 3.34. The molecular weight excluding hydrogens is 372 g/mol. The van der Waals surface area contributed by atoms with Gasteiger partial charge in [0, 0.05) is 16.7 Å². The highest BCUT2D eigenvalue weighted by Gasteiger charge is 2.31. The van der Waals surface area contributed by atoms with Crippen LogP contribution in [0.3, 0.4) is 0 Å². The van der Waals surface area contributed by atoms with Crippen molar-refractivity contribution in [1.82, 2.24) is 10.6 Å². The highest BCUT2D eigenvalue weighted by molar-refractivity contribution is 5.98. The van der Waals surface area contributed by atoms with Crippen LogP contribution < -0.4 is 10.6 Å². The third-order valence-corrected chi connectivity index (χ3v) is 4.96. The Bertz CT molecular complexity index is 965. The topological polar surface area (TPSA) is 58.2 Å². The Kier molecular flexibility index (Phi) is 6.06. The predicted molar refractivity (Wildman–Crippen MR) is 120 cm³/mol. The zero-order chi connectivity index (χ0) is 21.8. The van der Waals surface area contributed by atoms with Gasteiger partial charge in [0.2, 0.25) is 0 Å². The molecule has 0 saturated carbocycles. The van der Waals surface area contributed by atoms with Gasteiger partial charge in [0.15, 0.2) is 0 Å². The Morgan fingerprint density at radius 3 is 1.30 bits per heavy atom. The Hall–Kier alpha value is -3.40. The van der Waals surface area contributed by atoms with E-state index in [1.165, 1.54) is 0 Å². The number of carbonyl (C=O) groups excluding carboxylic acids is 2. The van der Waals surface area contributed by atoms with Crippen LogP contribution in [-0.4, -0.2) is 17.4 Å². The van der Waals surface area contributed by atoms with Gasteiger partial charge in [-0.25, -0.2) is 0 Å². The highest BCUT2D eigenvalue weighted by atomic mass is 16.2. The Balaban J connectivity index is 1.86. The molecule has 0 aliphatic rings. The van der Waals surface area contributed by atoms with E-state index in [1.54, 1.807) is 24.3 Å². The SMILES string of the molecule is CC(C)(C)NC(=O)c1ccc(C(=O)NC(C)(c2ccccc2)c2ccccc2)cc1. The molecule has 0 heterocycles. The first-order valence-electron chi connectivity index (χ1n) is 10.1. The molecule has 4 nitrogen and oxygen atoms in total. The minimum Gasteiger partial charge on any atom is -0.347 e. The molecule has 2 amide bonds. The fourth-order valence-electron chi connectivity index (χ4n) is 3.34. The number of amides is 2. The number of nitrogens with one attached hydrogen (secondary N) is 2. The summed E-state index contributed by atoms with van der Waals surface area (Å²) >= 11 is 0. The molecule has 0 unspecified atom stereocenters. The summed E-state index contributed by atoms with van der Waals surface area (Å²) in [7, 11) is 0. The Morgan fingerprint density at radius 1 is 0.567 bits per heavy atom. The van der Waals surface area contributed by atoms with Crippen LogP contribution in [0, 0.1) is 0 Å². The molecule has 30 heavy (non-hydrogen) atoms. The summed E-state index contributed by atoms with van der Waals surface area (Å²) < 4.78 is 0. The molecular formula is C26H28N2O2. The first kappa shape index (κ1) is 21.3. The van der Waals surface area contributed by atoms with Crippen molar-refractivity contribution in [3.63, 3.8) is 0 Å². The summed E-state index contributed by atoms with van der Waals surface area (Å²) in [6.07, 6.45) is 0. The summed E-state index contributed by atoms with van der Waals surface area (Å²) in [6.45, 7) is 7.79. The number of benzene rings is 3. The van der Waals surface area contributed by atoms with Crippen LogP contribution in [0.2, 0.25) is 0 Å². The first-order valence-corrected chi connectivity index (χ1v) is 10.1. The molecule has 0 aliphatic heterocycles. The van der Waals surface area contributed by atoms with Crippen molar-refractivity contribution in [1.29, 1.82) is 0 Å². The van der Waals surface area contributed by atoms with Gasteiger partial charge in [-0.1, -0.05) is 60.7 Å². The van der Waals surface area contributed by atoms with E-state index in [0.717, 1.165) is 11.1 Å². The minimum absolute atomic E-state index is 0.159. The van der Waals surface area contributed by atoms with Crippen LogP contribution in [0.4, 0.5) is 0 Å². The molecule has 3 aromatic rings. The second-order valence-electron chi connectivity index (χ2n) is 8.59. The fraction of sp³-hybridized carbons (Fsp3) is 0.231. The van der Waals surface area contributed by atoms with Crippen LogP contribution in [0.25, 0.3) is 0 Å². The zero-order valence-corrected chi connectivity index (χ0v) is 17.9. The van der Waals surface area contributed by atoms with E-state index in [4.69, 9.17) is 0 Å². The van der Waals surface area contributed by atoms with Crippen LogP contribution in [0.1, 0.15) is 59.5 Å². The predicted octanol–water partition coefficient (Wildman–Crippen LogP) is 4.91. The van der Waals surface area contributed by atoms with Gasteiger partial charge in [0.05, 0.1) is 5.54 Å². The van der Waals surface area contributed by atoms with Gasteiger partial charge in [0.25, 0.3) is 11.8 Å². The molecule has 0 aromatic heterocycles. The van der Waals surface area contributed by atoms with Crippen molar-refractivity contribution in [3.8, 4) is 0 Å². The molecule has 0 bridgehead atoms. The standard InChI is InChI=1S/C26H28N2O2/c1-25(2,3)27-23(29)19-15-17-20(18-16-19)24(30)28-26(4,21-11-7-5-8-12-21)22-13-9-6-10-14-22/h5-18H,1-4H3,(H,27,29)(H,28,30). The third kappa shape index (κ3) is 4.95. The van der Waals surface area contributed by atoms with E-state index in [1.807, 2.05) is 88.4 Å². The lowest BCUT2D eigenvalue weighted by Crippen LogP contribution is -2.44. The second-order valence-corrected chi connectivity index (χ2v) is 8.59. The molecule has 2 N–H and O–H groups in total. The number of rotatable bonds is 5. The summed E-state index contributed by atoms with van der Waals surface area (Å²) in [6, 6.07) is 26.5. The average molecular weight is 401 g/mol. The van der Waals surface area contributed by atoms with E-state index in [2.05, 4.69) is 10.6 Å². The van der Waals surface area contributed by atoms with Crippen molar-refractivity contribution >= 4 is 11.8 Å².